The molecule has 0 saturated heterocycles. The number of sulfonamides is 1. The molecule has 1 aromatic carbocycles. The standard InChI is InChI=1S/C16H17N5O4S/c1-16(2,22)9-25-15-19-8-13(20-15)26(23,24)21-12-5-3-4-11-10(6-17)7-18-14(11)12/h3-5,7-8,18,21-22H,9H2,1-2H3,(H,19,20). The van der Waals surface area contributed by atoms with Crippen molar-refractivity contribution in [1.29, 1.82) is 5.26 Å². The summed E-state index contributed by atoms with van der Waals surface area (Å²) in [7, 11) is -3.95. The van der Waals surface area contributed by atoms with Crippen molar-refractivity contribution in [2.45, 2.75) is 24.5 Å². The van der Waals surface area contributed by atoms with Crippen LogP contribution < -0.4 is 9.46 Å². The Morgan fingerprint density at radius 2 is 2.19 bits per heavy atom. The number of hydrogen-bond acceptors (Lipinski definition) is 6. The van der Waals surface area contributed by atoms with Crippen LogP contribution in [-0.4, -0.2) is 40.7 Å². The maximum Gasteiger partial charge on any atom is 0.294 e. The van der Waals surface area contributed by atoms with Crippen LogP contribution in [0, 0.1) is 11.3 Å². The number of hydrogen-bond donors (Lipinski definition) is 4. The zero-order chi connectivity index (χ0) is 18.9. The third-order valence-corrected chi connectivity index (χ3v) is 4.74. The first-order valence-electron chi connectivity index (χ1n) is 7.63. The lowest BCUT2D eigenvalue weighted by atomic mass is 10.2. The number of aromatic nitrogens is 3. The number of benzene rings is 1. The number of imidazole rings is 1. The van der Waals surface area contributed by atoms with Crippen molar-refractivity contribution in [3.63, 3.8) is 0 Å². The number of aliphatic hydroxyl groups is 1. The molecular weight excluding hydrogens is 358 g/mol. The third kappa shape index (κ3) is 3.63. The molecule has 0 fully saturated rings. The number of nitriles is 1. The van der Waals surface area contributed by atoms with Crippen molar-refractivity contribution in [3.05, 3.63) is 36.2 Å². The molecule has 0 amide bonds. The minimum atomic E-state index is -3.95. The number of nitrogens with zero attached hydrogens (tertiary/aromatic N) is 2. The fraction of sp³-hybridized carbons (Fsp3) is 0.250. The molecule has 0 radical (unpaired) electrons. The van der Waals surface area contributed by atoms with Crippen LogP contribution >= 0.6 is 0 Å². The SMILES string of the molecule is CC(C)(O)COc1ncc(S(=O)(=O)Nc2cccc3c(C#N)c[nH]c23)[nH]1. The summed E-state index contributed by atoms with van der Waals surface area (Å²) in [4.78, 5) is 9.30. The molecule has 0 aliphatic rings. The van der Waals surface area contributed by atoms with Crippen molar-refractivity contribution in [1.82, 2.24) is 15.0 Å². The van der Waals surface area contributed by atoms with E-state index in [4.69, 9.17) is 10.00 Å². The van der Waals surface area contributed by atoms with Crippen molar-refractivity contribution < 1.29 is 18.3 Å². The van der Waals surface area contributed by atoms with Gasteiger partial charge in [0.15, 0.2) is 5.03 Å². The minimum absolute atomic E-state index is 0.0163. The van der Waals surface area contributed by atoms with Crippen molar-refractivity contribution >= 4 is 26.6 Å². The molecule has 0 unspecified atom stereocenters. The van der Waals surface area contributed by atoms with Crippen molar-refractivity contribution in [3.8, 4) is 12.1 Å². The molecule has 3 rings (SSSR count). The van der Waals surface area contributed by atoms with Gasteiger partial charge in [0.2, 0.25) is 0 Å². The highest BCUT2D eigenvalue weighted by molar-refractivity contribution is 7.92. The van der Waals surface area contributed by atoms with Gasteiger partial charge in [0.25, 0.3) is 16.0 Å². The first-order chi connectivity index (χ1) is 12.2. The number of anilines is 1. The molecule has 3 aromatic rings. The Kier molecular flexibility index (Phi) is 4.35. The number of para-hydroxylation sites is 1. The van der Waals surface area contributed by atoms with Gasteiger partial charge < -0.3 is 14.8 Å². The van der Waals surface area contributed by atoms with Gasteiger partial charge in [0.05, 0.1) is 28.6 Å². The summed E-state index contributed by atoms with van der Waals surface area (Å²) < 4.78 is 32.8. The van der Waals surface area contributed by atoms with Gasteiger partial charge in [-0.25, -0.2) is 4.98 Å². The average Bonchev–Trinajstić information content (AvgIpc) is 3.19. The average molecular weight is 375 g/mol. The fourth-order valence-electron chi connectivity index (χ4n) is 2.27. The molecule has 0 saturated carbocycles. The first-order valence-corrected chi connectivity index (χ1v) is 9.11. The molecule has 4 N–H and O–H groups in total. The Morgan fingerprint density at radius 1 is 1.42 bits per heavy atom. The van der Waals surface area contributed by atoms with E-state index in [-0.39, 0.29) is 17.6 Å². The van der Waals surface area contributed by atoms with Gasteiger partial charge in [-0.1, -0.05) is 12.1 Å². The molecule has 0 spiro atoms. The quantitative estimate of drug-likeness (QED) is 0.516. The summed E-state index contributed by atoms with van der Waals surface area (Å²) in [6.07, 6.45) is 2.64. The van der Waals surface area contributed by atoms with Crippen LogP contribution in [0.2, 0.25) is 0 Å². The van der Waals surface area contributed by atoms with Gasteiger partial charge in [-0.2, -0.15) is 13.7 Å². The van der Waals surface area contributed by atoms with Crippen LogP contribution in [0.3, 0.4) is 0 Å². The van der Waals surface area contributed by atoms with Gasteiger partial charge in [0, 0.05) is 11.6 Å². The molecular formula is C16H17N5O4S. The topological polar surface area (TPSA) is 144 Å². The number of H-pyrrole nitrogens is 2. The summed E-state index contributed by atoms with van der Waals surface area (Å²) in [5.74, 6) is 0. The summed E-state index contributed by atoms with van der Waals surface area (Å²) in [6, 6.07) is 6.98. The van der Waals surface area contributed by atoms with E-state index in [1.807, 2.05) is 6.07 Å². The second-order valence-corrected chi connectivity index (χ2v) is 7.95. The van der Waals surface area contributed by atoms with Crippen LogP contribution in [0.25, 0.3) is 10.9 Å². The highest BCUT2D eigenvalue weighted by Crippen LogP contribution is 2.27. The van der Waals surface area contributed by atoms with E-state index in [2.05, 4.69) is 19.7 Å². The molecule has 26 heavy (non-hydrogen) atoms. The number of aromatic amines is 2. The smallest absolute Gasteiger partial charge is 0.294 e. The maximum atomic E-state index is 12.6. The fourth-order valence-corrected chi connectivity index (χ4v) is 3.26. The normalized spacial score (nSPS) is 12.1. The number of rotatable bonds is 6. The second kappa shape index (κ2) is 6.36. The van der Waals surface area contributed by atoms with Gasteiger partial charge >= 0.3 is 0 Å². The van der Waals surface area contributed by atoms with Crippen molar-refractivity contribution in [2.24, 2.45) is 0 Å². The number of nitrogens with one attached hydrogen (secondary N) is 3. The summed E-state index contributed by atoms with van der Waals surface area (Å²) in [5.41, 5.74) is 0.152. The lowest BCUT2D eigenvalue weighted by Gasteiger charge is -2.15. The van der Waals surface area contributed by atoms with Crippen LogP contribution in [0.1, 0.15) is 19.4 Å². The lowest BCUT2D eigenvalue weighted by Crippen LogP contribution is -2.28. The van der Waals surface area contributed by atoms with Crippen LogP contribution in [0.4, 0.5) is 5.69 Å². The van der Waals surface area contributed by atoms with Gasteiger partial charge in [0.1, 0.15) is 12.7 Å². The Labute approximate surface area is 149 Å². The zero-order valence-electron chi connectivity index (χ0n) is 14.1. The van der Waals surface area contributed by atoms with E-state index >= 15 is 0 Å². The zero-order valence-corrected chi connectivity index (χ0v) is 14.9. The van der Waals surface area contributed by atoms with Crippen molar-refractivity contribution in [2.75, 3.05) is 11.3 Å². The Balaban J connectivity index is 1.85. The van der Waals surface area contributed by atoms with E-state index in [0.29, 0.717) is 22.2 Å². The van der Waals surface area contributed by atoms with E-state index < -0.39 is 15.6 Å². The molecule has 136 valence electrons. The Hall–Kier alpha value is -3.03. The first kappa shape index (κ1) is 17.8. The molecule has 2 heterocycles. The maximum absolute atomic E-state index is 12.6. The van der Waals surface area contributed by atoms with E-state index in [9.17, 15) is 13.5 Å². The monoisotopic (exact) mass is 375 g/mol. The minimum Gasteiger partial charge on any atom is -0.462 e. The van der Waals surface area contributed by atoms with Crippen LogP contribution in [0.15, 0.2) is 35.6 Å². The van der Waals surface area contributed by atoms with Crippen LogP contribution in [0.5, 0.6) is 6.01 Å². The largest absolute Gasteiger partial charge is 0.462 e. The Bertz CT molecular complexity index is 1090. The summed E-state index contributed by atoms with van der Waals surface area (Å²) >= 11 is 0. The predicted molar refractivity (Wildman–Crippen MR) is 94.2 cm³/mol. The van der Waals surface area contributed by atoms with E-state index in [0.717, 1.165) is 6.20 Å². The highest BCUT2D eigenvalue weighted by Gasteiger charge is 2.21. The van der Waals surface area contributed by atoms with Gasteiger partial charge in [-0.3, -0.25) is 9.71 Å². The molecule has 0 aliphatic heterocycles. The molecule has 10 heteroatoms. The lowest BCUT2D eigenvalue weighted by molar-refractivity contribution is 0.0252. The highest BCUT2D eigenvalue weighted by atomic mass is 32.2. The summed E-state index contributed by atoms with van der Waals surface area (Å²) in [6.45, 7) is 3.06. The van der Waals surface area contributed by atoms with Crippen LogP contribution in [-0.2, 0) is 10.0 Å². The second-order valence-electron chi connectivity index (χ2n) is 6.30. The Morgan fingerprint density at radius 3 is 2.88 bits per heavy atom. The third-order valence-electron chi connectivity index (χ3n) is 3.46. The molecule has 0 atom stereocenters. The molecule has 0 bridgehead atoms. The predicted octanol–water partition coefficient (Wildman–Crippen LogP) is 1.71. The summed E-state index contributed by atoms with van der Waals surface area (Å²) in [5, 5.41) is 19.2. The van der Waals surface area contributed by atoms with E-state index in [1.54, 1.807) is 32.0 Å². The molecule has 9 nitrogen and oxygen atoms in total. The van der Waals surface area contributed by atoms with Gasteiger partial charge in [-0.15, -0.1) is 0 Å². The number of fused-ring (bicyclic) bond motifs is 1. The molecule has 2 aromatic heterocycles. The molecule has 0 aliphatic carbocycles. The van der Waals surface area contributed by atoms with Gasteiger partial charge in [-0.05, 0) is 19.9 Å². The van der Waals surface area contributed by atoms with E-state index in [1.165, 1.54) is 6.20 Å². The number of ether oxygens (including phenoxy) is 1.